The van der Waals surface area contributed by atoms with Crippen LogP contribution in [0.4, 0.5) is 0 Å². The molecule has 0 spiro atoms. The van der Waals surface area contributed by atoms with E-state index in [0.717, 1.165) is 11.8 Å². The molecule has 0 aromatic carbocycles. The highest BCUT2D eigenvalue weighted by molar-refractivity contribution is 4.99. The van der Waals surface area contributed by atoms with Crippen LogP contribution in [0.1, 0.15) is 65.7 Å². The van der Waals surface area contributed by atoms with Gasteiger partial charge in [-0.1, -0.05) is 26.7 Å². The van der Waals surface area contributed by atoms with Crippen LogP contribution in [0.2, 0.25) is 0 Å². The predicted octanol–water partition coefficient (Wildman–Crippen LogP) is 3.40. The highest BCUT2D eigenvalue weighted by Gasteiger charge is 2.41. The molecule has 1 saturated heterocycles. The van der Waals surface area contributed by atoms with E-state index >= 15 is 0 Å². The monoisotopic (exact) mass is 252 g/mol. The van der Waals surface area contributed by atoms with E-state index in [1.807, 2.05) is 0 Å². The van der Waals surface area contributed by atoms with Gasteiger partial charge in [0.25, 0.3) is 0 Å². The summed E-state index contributed by atoms with van der Waals surface area (Å²) in [5.41, 5.74) is 6.96. The second kappa shape index (κ2) is 5.92. The summed E-state index contributed by atoms with van der Waals surface area (Å²) >= 11 is 0. The van der Waals surface area contributed by atoms with Gasteiger partial charge < -0.3 is 5.73 Å². The Morgan fingerprint density at radius 3 is 2.22 bits per heavy atom. The van der Waals surface area contributed by atoms with Crippen LogP contribution in [0.5, 0.6) is 0 Å². The maximum Gasteiger partial charge on any atom is 0.0332 e. The molecule has 0 amide bonds. The van der Waals surface area contributed by atoms with Gasteiger partial charge in [-0.15, -0.1) is 0 Å². The van der Waals surface area contributed by atoms with E-state index in [0.29, 0.717) is 6.04 Å². The van der Waals surface area contributed by atoms with Crippen LogP contribution in [-0.2, 0) is 0 Å². The third-order valence-electron chi connectivity index (χ3n) is 5.83. The van der Waals surface area contributed by atoms with Crippen LogP contribution in [0.3, 0.4) is 0 Å². The molecule has 1 aliphatic heterocycles. The first-order valence-electron chi connectivity index (χ1n) is 8.08. The molecule has 2 N–H and O–H groups in total. The fourth-order valence-corrected chi connectivity index (χ4v) is 4.05. The first-order valence-corrected chi connectivity index (χ1v) is 8.08. The second-order valence-corrected chi connectivity index (χ2v) is 6.95. The van der Waals surface area contributed by atoms with Gasteiger partial charge >= 0.3 is 0 Å². The lowest BCUT2D eigenvalue weighted by atomic mass is 9.72. The quantitative estimate of drug-likeness (QED) is 0.831. The Morgan fingerprint density at radius 1 is 1.17 bits per heavy atom. The molecule has 2 rings (SSSR count). The lowest BCUT2D eigenvalue weighted by Gasteiger charge is -2.47. The van der Waals surface area contributed by atoms with Gasteiger partial charge in [0.15, 0.2) is 0 Å². The molecule has 2 aliphatic rings. The summed E-state index contributed by atoms with van der Waals surface area (Å²) in [5, 5.41) is 0. The molecule has 0 aromatic heterocycles. The Balaban J connectivity index is 2.01. The highest BCUT2D eigenvalue weighted by Crippen LogP contribution is 2.37. The summed E-state index contributed by atoms with van der Waals surface area (Å²) in [6.45, 7) is 9.66. The van der Waals surface area contributed by atoms with Crippen molar-refractivity contribution in [1.82, 2.24) is 4.90 Å². The zero-order valence-electron chi connectivity index (χ0n) is 12.6. The van der Waals surface area contributed by atoms with Crippen molar-refractivity contribution < 1.29 is 0 Å². The topological polar surface area (TPSA) is 29.3 Å². The van der Waals surface area contributed by atoms with E-state index in [2.05, 4.69) is 25.7 Å². The van der Waals surface area contributed by atoms with Crippen LogP contribution in [0, 0.1) is 11.8 Å². The first kappa shape index (κ1) is 14.3. The van der Waals surface area contributed by atoms with Crippen molar-refractivity contribution in [1.29, 1.82) is 0 Å². The molecule has 18 heavy (non-hydrogen) atoms. The lowest BCUT2D eigenvalue weighted by molar-refractivity contribution is 0.0612. The standard InChI is InChI=1S/C16H32N2/c1-4-16(3,18-11-5-6-12-18)15(17)14-9-7-13(2)8-10-14/h13-15H,4-12,17H2,1-3H3. The normalized spacial score (nSPS) is 35.3. The van der Waals surface area contributed by atoms with Crippen molar-refractivity contribution in [3.63, 3.8) is 0 Å². The van der Waals surface area contributed by atoms with Gasteiger partial charge in [-0.25, -0.2) is 0 Å². The SMILES string of the molecule is CCC(C)(C(N)C1CCC(C)CC1)N1CCCC1. The lowest BCUT2D eigenvalue weighted by Crippen LogP contribution is -2.60. The number of hydrogen-bond donors (Lipinski definition) is 1. The minimum absolute atomic E-state index is 0.238. The van der Waals surface area contributed by atoms with E-state index < -0.39 is 0 Å². The van der Waals surface area contributed by atoms with Gasteiger partial charge in [-0.05, 0) is 64.0 Å². The number of nitrogens with two attached hydrogens (primary N) is 1. The number of rotatable bonds is 4. The molecular formula is C16H32N2. The number of nitrogens with zero attached hydrogens (tertiary/aromatic N) is 1. The summed E-state index contributed by atoms with van der Waals surface area (Å²) in [4.78, 5) is 2.68. The van der Waals surface area contributed by atoms with Gasteiger partial charge in [0.1, 0.15) is 0 Å². The highest BCUT2D eigenvalue weighted by atomic mass is 15.2. The molecule has 2 nitrogen and oxygen atoms in total. The molecule has 0 bridgehead atoms. The molecule has 2 heteroatoms. The fourth-order valence-electron chi connectivity index (χ4n) is 4.05. The maximum atomic E-state index is 6.72. The second-order valence-electron chi connectivity index (χ2n) is 6.95. The molecule has 106 valence electrons. The first-order chi connectivity index (χ1) is 8.58. The van der Waals surface area contributed by atoms with Crippen molar-refractivity contribution in [2.75, 3.05) is 13.1 Å². The van der Waals surface area contributed by atoms with Crippen LogP contribution >= 0.6 is 0 Å². The fraction of sp³-hybridized carbons (Fsp3) is 1.00. The van der Waals surface area contributed by atoms with Crippen LogP contribution < -0.4 is 5.73 Å². The third-order valence-corrected chi connectivity index (χ3v) is 5.83. The van der Waals surface area contributed by atoms with Crippen LogP contribution in [0.15, 0.2) is 0 Å². The molecule has 1 heterocycles. The van der Waals surface area contributed by atoms with Crippen molar-refractivity contribution >= 4 is 0 Å². The Bertz CT molecular complexity index is 252. The van der Waals surface area contributed by atoms with Crippen molar-refractivity contribution in [2.45, 2.75) is 77.3 Å². The Morgan fingerprint density at radius 2 is 1.72 bits per heavy atom. The molecule has 2 unspecified atom stereocenters. The minimum Gasteiger partial charge on any atom is -0.326 e. The Kier molecular flexibility index (Phi) is 4.71. The Labute approximate surface area is 113 Å². The molecule has 0 radical (unpaired) electrons. The van der Waals surface area contributed by atoms with Gasteiger partial charge in [-0.2, -0.15) is 0 Å². The molecule has 0 aromatic rings. The smallest absolute Gasteiger partial charge is 0.0332 e. The molecule has 1 aliphatic carbocycles. The number of hydrogen-bond acceptors (Lipinski definition) is 2. The summed E-state index contributed by atoms with van der Waals surface area (Å²) in [6, 6.07) is 0.369. The summed E-state index contributed by atoms with van der Waals surface area (Å²) < 4.78 is 0. The molecular weight excluding hydrogens is 220 g/mol. The van der Waals surface area contributed by atoms with E-state index in [9.17, 15) is 0 Å². The molecule has 1 saturated carbocycles. The van der Waals surface area contributed by atoms with E-state index in [-0.39, 0.29) is 5.54 Å². The van der Waals surface area contributed by atoms with Gasteiger partial charge in [0.05, 0.1) is 0 Å². The molecule has 2 atom stereocenters. The Hall–Kier alpha value is -0.0800. The predicted molar refractivity (Wildman–Crippen MR) is 78.6 cm³/mol. The average molecular weight is 252 g/mol. The van der Waals surface area contributed by atoms with Crippen molar-refractivity contribution in [3.05, 3.63) is 0 Å². The zero-order valence-corrected chi connectivity index (χ0v) is 12.6. The summed E-state index contributed by atoms with van der Waals surface area (Å²) in [6.07, 6.45) is 9.40. The van der Waals surface area contributed by atoms with Crippen molar-refractivity contribution in [3.8, 4) is 0 Å². The van der Waals surface area contributed by atoms with Gasteiger partial charge in [-0.3, -0.25) is 4.90 Å². The van der Waals surface area contributed by atoms with Gasteiger partial charge in [0, 0.05) is 11.6 Å². The van der Waals surface area contributed by atoms with Crippen molar-refractivity contribution in [2.24, 2.45) is 17.6 Å². The summed E-state index contributed by atoms with van der Waals surface area (Å²) in [5.74, 6) is 1.68. The van der Waals surface area contributed by atoms with E-state index in [4.69, 9.17) is 5.73 Å². The summed E-state index contributed by atoms with van der Waals surface area (Å²) in [7, 11) is 0. The average Bonchev–Trinajstić information content (AvgIpc) is 2.92. The number of likely N-dealkylation sites (tertiary alicyclic amines) is 1. The van der Waals surface area contributed by atoms with Gasteiger partial charge in [0.2, 0.25) is 0 Å². The zero-order chi connectivity index (χ0) is 13.2. The van der Waals surface area contributed by atoms with Crippen LogP contribution in [-0.4, -0.2) is 29.6 Å². The van der Waals surface area contributed by atoms with E-state index in [1.165, 1.54) is 58.0 Å². The third kappa shape index (κ3) is 2.75. The molecule has 2 fully saturated rings. The minimum atomic E-state index is 0.238. The largest absolute Gasteiger partial charge is 0.326 e. The maximum absolute atomic E-state index is 6.72. The van der Waals surface area contributed by atoms with Crippen LogP contribution in [0.25, 0.3) is 0 Å². The van der Waals surface area contributed by atoms with E-state index in [1.54, 1.807) is 0 Å².